The molecule has 1 saturated heterocycles. The van der Waals surface area contributed by atoms with Gasteiger partial charge in [-0.2, -0.15) is 0 Å². The molecule has 0 aromatic carbocycles. The van der Waals surface area contributed by atoms with Gasteiger partial charge >= 0.3 is 0 Å². The second kappa shape index (κ2) is 3.87. The average molecular weight is 169 g/mol. The monoisotopic (exact) mass is 169 g/mol. The molecule has 0 saturated carbocycles. The van der Waals surface area contributed by atoms with Crippen LogP contribution in [0.25, 0.3) is 0 Å². The summed E-state index contributed by atoms with van der Waals surface area (Å²) >= 11 is 0. The molecule has 1 N–H and O–H groups in total. The molecule has 2 heterocycles. The maximum atomic E-state index is 5.34. The number of ether oxygens (including phenoxy) is 1. The molecule has 1 fully saturated rings. The van der Waals surface area contributed by atoms with Crippen LogP contribution >= 0.6 is 0 Å². The Bertz CT molecular complexity index is 175. The lowest BCUT2D eigenvalue weighted by molar-refractivity contribution is 0.247. The minimum absolute atomic E-state index is 0.779. The van der Waals surface area contributed by atoms with Gasteiger partial charge in [-0.25, -0.2) is 0 Å². The molecule has 0 aromatic heterocycles. The van der Waals surface area contributed by atoms with Gasteiger partial charge in [-0.15, -0.1) is 0 Å². The van der Waals surface area contributed by atoms with E-state index in [2.05, 4.69) is 15.2 Å². The molecule has 2 rings (SSSR count). The van der Waals surface area contributed by atoms with Crippen LogP contribution in [0.15, 0.2) is 4.99 Å². The number of nitrogens with zero attached hydrogens (tertiary/aromatic N) is 2. The van der Waals surface area contributed by atoms with Crippen molar-refractivity contribution < 1.29 is 4.74 Å². The smallest absolute Gasteiger partial charge is 0.198 e. The number of rotatable bonds is 2. The van der Waals surface area contributed by atoms with Crippen molar-refractivity contribution in [2.45, 2.75) is 0 Å². The van der Waals surface area contributed by atoms with Gasteiger partial charge in [-0.3, -0.25) is 9.89 Å². The quantitative estimate of drug-likeness (QED) is 0.595. The summed E-state index contributed by atoms with van der Waals surface area (Å²) in [7, 11) is 0. The van der Waals surface area contributed by atoms with Crippen LogP contribution in [-0.2, 0) is 4.74 Å². The Balaban J connectivity index is 1.77. The van der Waals surface area contributed by atoms with Crippen molar-refractivity contribution in [1.29, 1.82) is 0 Å². The SMILES string of the molecule is C1COC(CN2CCNCC2)=N1. The van der Waals surface area contributed by atoms with E-state index >= 15 is 0 Å². The molecule has 2 aliphatic heterocycles. The van der Waals surface area contributed by atoms with Crippen LogP contribution in [-0.4, -0.2) is 56.7 Å². The van der Waals surface area contributed by atoms with Crippen LogP contribution in [0.4, 0.5) is 0 Å². The van der Waals surface area contributed by atoms with Gasteiger partial charge in [-0.05, 0) is 0 Å². The minimum Gasteiger partial charge on any atom is -0.478 e. The fourth-order valence-electron chi connectivity index (χ4n) is 1.54. The number of hydrogen-bond donors (Lipinski definition) is 1. The van der Waals surface area contributed by atoms with E-state index in [-0.39, 0.29) is 0 Å². The predicted octanol–water partition coefficient (Wildman–Crippen LogP) is -0.680. The molecule has 0 unspecified atom stereocenters. The van der Waals surface area contributed by atoms with Crippen molar-refractivity contribution >= 4 is 5.90 Å². The normalized spacial score (nSPS) is 25.2. The van der Waals surface area contributed by atoms with E-state index in [1.807, 2.05) is 0 Å². The first kappa shape index (κ1) is 8.01. The van der Waals surface area contributed by atoms with E-state index in [1.165, 1.54) is 0 Å². The molecule has 0 bridgehead atoms. The maximum Gasteiger partial charge on any atom is 0.198 e. The van der Waals surface area contributed by atoms with Crippen LogP contribution in [0.2, 0.25) is 0 Å². The summed E-state index contributed by atoms with van der Waals surface area (Å²) in [6, 6.07) is 0. The van der Waals surface area contributed by atoms with Crippen LogP contribution in [0.1, 0.15) is 0 Å². The van der Waals surface area contributed by atoms with Crippen LogP contribution in [0, 0.1) is 0 Å². The highest BCUT2D eigenvalue weighted by Crippen LogP contribution is 1.98. The van der Waals surface area contributed by atoms with Gasteiger partial charge < -0.3 is 10.1 Å². The Kier molecular flexibility index (Phi) is 2.58. The molecule has 12 heavy (non-hydrogen) atoms. The Morgan fingerprint density at radius 1 is 1.42 bits per heavy atom. The predicted molar refractivity (Wildman–Crippen MR) is 47.6 cm³/mol. The summed E-state index contributed by atoms with van der Waals surface area (Å²) in [5.74, 6) is 0.928. The van der Waals surface area contributed by atoms with E-state index in [1.54, 1.807) is 0 Å². The molecule has 4 nitrogen and oxygen atoms in total. The summed E-state index contributed by atoms with van der Waals surface area (Å²) in [5.41, 5.74) is 0. The molecule has 68 valence electrons. The second-order valence-corrected chi connectivity index (χ2v) is 3.15. The molecule has 0 atom stereocenters. The molecule has 0 spiro atoms. The number of piperazine rings is 1. The lowest BCUT2D eigenvalue weighted by atomic mass is 10.3. The number of hydrogen-bond acceptors (Lipinski definition) is 4. The van der Waals surface area contributed by atoms with E-state index in [0.717, 1.165) is 51.8 Å². The Morgan fingerprint density at radius 3 is 2.92 bits per heavy atom. The fraction of sp³-hybridized carbons (Fsp3) is 0.875. The third kappa shape index (κ3) is 1.95. The largest absolute Gasteiger partial charge is 0.478 e. The van der Waals surface area contributed by atoms with Gasteiger partial charge in [0, 0.05) is 26.2 Å². The Hall–Kier alpha value is -0.610. The van der Waals surface area contributed by atoms with E-state index in [9.17, 15) is 0 Å². The van der Waals surface area contributed by atoms with E-state index in [4.69, 9.17) is 4.74 Å². The van der Waals surface area contributed by atoms with Crippen LogP contribution in [0.3, 0.4) is 0 Å². The topological polar surface area (TPSA) is 36.9 Å². The lowest BCUT2D eigenvalue weighted by Gasteiger charge is -2.26. The van der Waals surface area contributed by atoms with Gasteiger partial charge in [-0.1, -0.05) is 0 Å². The van der Waals surface area contributed by atoms with Crippen molar-refractivity contribution in [2.24, 2.45) is 4.99 Å². The van der Waals surface area contributed by atoms with E-state index in [0.29, 0.717) is 0 Å². The first-order chi connectivity index (χ1) is 5.95. The number of nitrogens with one attached hydrogen (secondary N) is 1. The molecule has 0 aliphatic carbocycles. The molecule has 4 heteroatoms. The first-order valence-electron chi connectivity index (χ1n) is 4.54. The van der Waals surface area contributed by atoms with Gasteiger partial charge in [0.05, 0.1) is 13.1 Å². The highest BCUT2D eigenvalue weighted by Gasteiger charge is 2.14. The van der Waals surface area contributed by atoms with Crippen LogP contribution in [0.5, 0.6) is 0 Å². The summed E-state index contributed by atoms with van der Waals surface area (Å²) in [6.45, 7) is 6.94. The fourth-order valence-corrected chi connectivity index (χ4v) is 1.54. The summed E-state index contributed by atoms with van der Waals surface area (Å²) in [4.78, 5) is 6.64. The van der Waals surface area contributed by atoms with Crippen molar-refractivity contribution in [3.05, 3.63) is 0 Å². The molecular formula is C8H15N3O. The van der Waals surface area contributed by atoms with Gasteiger partial charge in [0.25, 0.3) is 0 Å². The standard InChI is InChI=1S/C8H15N3O/c1-4-11(5-2-9-1)7-8-10-3-6-12-8/h9H,1-7H2. The zero-order valence-corrected chi connectivity index (χ0v) is 7.25. The maximum absolute atomic E-state index is 5.34. The summed E-state index contributed by atoms with van der Waals surface area (Å²) in [5, 5.41) is 3.32. The highest BCUT2D eigenvalue weighted by molar-refractivity contribution is 5.79. The zero-order valence-electron chi connectivity index (χ0n) is 7.25. The van der Waals surface area contributed by atoms with Crippen molar-refractivity contribution in [3.63, 3.8) is 0 Å². The van der Waals surface area contributed by atoms with Gasteiger partial charge in [0.15, 0.2) is 5.90 Å². The first-order valence-corrected chi connectivity index (χ1v) is 4.54. The molecule has 2 aliphatic rings. The third-order valence-electron chi connectivity index (χ3n) is 2.22. The van der Waals surface area contributed by atoms with E-state index < -0.39 is 0 Å². The van der Waals surface area contributed by atoms with Crippen molar-refractivity contribution in [1.82, 2.24) is 10.2 Å². The van der Waals surface area contributed by atoms with Gasteiger partial charge in [0.1, 0.15) is 6.61 Å². The molecule has 0 amide bonds. The average Bonchev–Trinajstić information content (AvgIpc) is 2.59. The third-order valence-corrected chi connectivity index (χ3v) is 2.22. The second-order valence-electron chi connectivity index (χ2n) is 3.15. The molecular weight excluding hydrogens is 154 g/mol. The number of aliphatic imine (C=N–C) groups is 1. The minimum atomic E-state index is 0.779. The van der Waals surface area contributed by atoms with Gasteiger partial charge in [0.2, 0.25) is 0 Å². The molecule has 0 aromatic rings. The summed E-state index contributed by atoms with van der Waals surface area (Å²) in [6.07, 6.45) is 0. The molecule has 0 radical (unpaired) electrons. The highest BCUT2D eigenvalue weighted by atomic mass is 16.5. The zero-order chi connectivity index (χ0) is 8.23. The van der Waals surface area contributed by atoms with Crippen LogP contribution < -0.4 is 5.32 Å². The lowest BCUT2D eigenvalue weighted by Crippen LogP contribution is -2.45. The Morgan fingerprint density at radius 2 is 2.25 bits per heavy atom. The summed E-state index contributed by atoms with van der Waals surface area (Å²) < 4.78 is 5.34. The Labute approximate surface area is 72.6 Å². The van der Waals surface area contributed by atoms with Crippen molar-refractivity contribution in [2.75, 3.05) is 45.9 Å². The van der Waals surface area contributed by atoms with Crippen molar-refractivity contribution in [3.8, 4) is 0 Å².